The molecule has 0 aliphatic heterocycles. The Labute approximate surface area is 263 Å². The quantitative estimate of drug-likeness (QED) is 0.307. The molecule has 244 valence electrons. The number of hydrogen-bond donors (Lipinski definition) is 1. The third kappa shape index (κ3) is 4.74. The van der Waals surface area contributed by atoms with Gasteiger partial charge >= 0.3 is 11.9 Å². The molecule has 1 aromatic carbocycles. The van der Waals surface area contributed by atoms with E-state index in [1.54, 1.807) is 32.9 Å². The fraction of sp³-hybridized carbons (Fsp3) is 0.611. The van der Waals surface area contributed by atoms with Crippen molar-refractivity contribution in [3.8, 4) is 0 Å². The summed E-state index contributed by atoms with van der Waals surface area (Å²) in [7, 11) is 0. The normalized spacial score (nSPS) is 38.8. The highest BCUT2D eigenvalue weighted by Crippen LogP contribution is 2.71. The molecule has 0 unspecified atom stereocenters. The first-order chi connectivity index (χ1) is 20.9. The lowest BCUT2D eigenvalue weighted by atomic mass is 9.44. The van der Waals surface area contributed by atoms with Crippen molar-refractivity contribution in [2.75, 3.05) is 6.61 Å². The van der Waals surface area contributed by atoms with E-state index in [1.807, 2.05) is 12.1 Å². The molecule has 0 radical (unpaired) electrons. The van der Waals surface area contributed by atoms with Crippen LogP contribution in [-0.2, 0) is 29.3 Å². The average molecular weight is 627 g/mol. The maximum atomic E-state index is 17.6. The van der Waals surface area contributed by atoms with E-state index >= 15 is 8.78 Å². The molecule has 1 N–H and O–H groups in total. The van der Waals surface area contributed by atoms with Crippen LogP contribution in [0.3, 0.4) is 0 Å². The van der Waals surface area contributed by atoms with Crippen LogP contribution in [0, 0.1) is 28.6 Å². The number of alkyl halides is 2. The second-order valence-electron chi connectivity index (χ2n) is 14.9. The van der Waals surface area contributed by atoms with Crippen LogP contribution in [-0.4, -0.2) is 58.8 Å². The van der Waals surface area contributed by atoms with Crippen LogP contribution in [0.2, 0.25) is 0 Å². The first-order valence-electron chi connectivity index (χ1n) is 15.9. The zero-order chi connectivity index (χ0) is 33.3. The number of fused-ring (bicyclic) bond motifs is 5. The second-order valence-corrected chi connectivity index (χ2v) is 14.9. The molecule has 0 spiro atoms. The maximum Gasteiger partial charge on any atom is 0.351 e. The van der Waals surface area contributed by atoms with Gasteiger partial charge in [0.1, 0.15) is 6.17 Å². The van der Waals surface area contributed by atoms with Gasteiger partial charge < -0.3 is 14.6 Å². The summed E-state index contributed by atoms with van der Waals surface area (Å²) >= 11 is 0. The number of carbonyl (C=O) groups is 4. The Morgan fingerprint density at radius 2 is 1.71 bits per heavy atom. The van der Waals surface area contributed by atoms with Crippen molar-refractivity contribution in [3.05, 3.63) is 59.2 Å². The molecule has 0 heterocycles. The number of benzene rings is 1. The van der Waals surface area contributed by atoms with Crippen molar-refractivity contribution < 1.29 is 42.5 Å². The fourth-order valence-corrected chi connectivity index (χ4v) is 8.95. The average Bonchev–Trinajstić information content (AvgIpc) is 3.19. The van der Waals surface area contributed by atoms with Crippen LogP contribution in [0.25, 0.3) is 0 Å². The van der Waals surface area contributed by atoms with Crippen molar-refractivity contribution >= 4 is 23.5 Å². The van der Waals surface area contributed by atoms with E-state index in [9.17, 15) is 24.3 Å². The molecule has 4 aliphatic carbocycles. The molecule has 0 bridgehead atoms. The molecule has 0 saturated heterocycles. The summed E-state index contributed by atoms with van der Waals surface area (Å²) in [6.45, 7) is 12.0. The van der Waals surface area contributed by atoms with Gasteiger partial charge in [-0.2, -0.15) is 0 Å². The zero-order valence-corrected chi connectivity index (χ0v) is 27.1. The predicted octanol–water partition coefficient (Wildman–Crippen LogP) is 5.97. The number of ether oxygens (including phenoxy) is 2. The first kappa shape index (κ1) is 33.2. The Bertz CT molecular complexity index is 1470. The molecule has 0 aromatic heterocycles. The number of ketones is 2. The molecule has 4 aliphatic rings. The monoisotopic (exact) mass is 626 g/mol. The van der Waals surface area contributed by atoms with Crippen LogP contribution in [0.4, 0.5) is 8.78 Å². The largest absolute Gasteiger partial charge is 0.454 e. The van der Waals surface area contributed by atoms with Gasteiger partial charge in [0.15, 0.2) is 23.8 Å². The summed E-state index contributed by atoms with van der Waals surface area (Å²) < 4.78 is 45.1. The standard InChI is InChI=1S/C36H44F2O7/c1-8-30(42)45-36(31(43)44-19-28(40)21-9-11-22(12-10-21)32(3,4)5)20(2)15-24-25-17-27(37)26-16-23(39)13-14-33(26,6)35(25,38)29(41)18-34(24,36)7/h9-14,16,20,24-25,27,29,41H,8,15,17-19H2,1-7H3/t20-,24+,25+,27+,29+,33+,34+,35+,36+/m1/s1. The van der Waals surface area contributed by atoms with Crippen LogP contribution < -0.4 is 0 Å². The number of carbonyl (C=O) groups excluding carboxylic acids is 4. The van der Waals surface area contributed by atoms with E-state index in [0.29, 0.717) is 5.56 Å². The number of hydrogen-bond acceptors (Lipinski definition) is 7. The highest BCUT2D eigenvalue weighted by atomic mass is 19.1. The maximum absolute atomic E-state index is 17.6. The molecular formula is C36H44F2O7. The first-order valence-corrected chi connectivity index (χ1v) is 15.9. The third-order valence-electron chi connectivity index (χ3n) is 11.4. The number of aliphatic hydroxyl groups excluding tert-OH is 1. The molecule has 9 atom stereocenters. The molecular weight excluding hydrogens is 582 g/mol. The predicted molar refractivity (Wildman–Crippen MR) is 163 cm³/mol. The lowest BCUT2D eigenvalue weighted by Gasteiger charge is -2.63. The second kappa shape index (κ2) is 11.0. The minimum absolute atomic E-state index is 0.000391. The Morgan fingerprint density at radius 3 is 2.31 bits per heavy atom. The summed E-state index contributed by atoms with van der Waals surface area (Å²) in [5.41, 5.74) is -5.98. The van der Waals surface area contributed by atoms with Gasteiger partial charge in [0, 0.05) is 34.7 Å². The van der Waals surface area contributed by atoms with E-state index < -0.39 is 82.2 Å². The summed E-state index contributed by atoms with van der Waals surface area (Å²) in [5.74, 6) is -4.97. The molecule has 9 heteroatoms. The minimum Gasteiger partial charge on any atom is -0.454 e. The highest BCUT2D eigenvalue weighted by molar-refractivity contribution is 6.01. The van der Waals surface area contributed by atoms with Crippen LogP contribution in [0.15, 0.2) is 48.1 Å². The van der Waals surface area contributed by atoms with Crippen molar-refractivity contribution in [1.29, 1.82) is 0 Å². The van der Waals surface area contributed by atoms with Crippen molar-refractivity contribution in [2.24, 2.45) is 28.6 Å². The molecule has 3 saturated carbocycles. The smallest absolute Gasteiger partial charge is 0.351 e. The SMILES string of the molecule is CCC(=O)O[C@]1(C(=O)OCC(=O)c2ccc(C(C)(C)C)cc2)[C@H](C)C[C@H]2[C@@H]3C[C@H](F)C4=CC(=O)C=C[C@]4(C)[C@@]3(F)[C@@H](O)C[C@@]21C. The molecule has 45 heavy (non-hydrogen) atoms. The number of allylic oxidation sites excluding steroid dienone is 4. The van der Waals surface area contributed by atoms with Gasteiger partial charge in [-0.1, -0.05) is 71.9 Å². The number of esters is 2. The van der Waals surface area contributed by atoms with Crippen LogP contribution in [0.5, 0.6) is 0 Å². The van der Waals surface area contributed by atoms with Crippen LogP contribution in [0.1, 0.15) is 90.1 Å². The van der Waals surface area contributed by atoms with Gasteiger partial charge in [0.05, 0.1) is 6.10 Å². The minimum atomic E-state index is -2.35. The van der Waals surface area contributed by atoms with Gasteiger partial charge in [0.25, 0.3) is 0 Å². The molecule has 1 aromatic rings. The Balaban J connectivity index is 1.49. The number of halogens is 2. The van der Waals surface area contributed by atoms with Crippen molar-refractivity contribution in [1.82, 2.24) is 0 Å². The fourth-order valence-electron chi connectivity index (χ4n) is 8.95. The van der Waals surface area contributed by atoms with Gasteiger partial charge in [-0.05, 0) is 60.8 Å². The number of aliphatic hydroxyl groups is 1. The van der Waals surface area contributed by atoms with E-state index in [2.05, 4.69) is 20.8 Å². The van der Waals surface area contributed by atoms with Crippen LogP contribution >= 0.6 is 0 Å². The van der Waals surface area contributed by atoms with E-state index in [4.69, 9.17) is 9.47 Å². The molecule has 5 rings (SSSR count). The van der Waals surface area contributed by atoms with E-state index in [0.717, 1.165) is 11.6 Å². The zero-order valence-electron chi connectivity index (χ0n) is 27.1. The molecule has 0 amide bonds. The third-order valence-corrected chi connectivity index (χ3v) is 11.4. The summed E-state index contributed by atoms with van der Waals surface area (Å²) in [6.07, 6.45) is -0.116. The van der Waals surface area contributed by atoms with Crippen molar-refractivity contribution in [2.45, 2.75) is 103 Å². The van der Waals surface area contributed by atoms with Gasteiger partial charge in [-0.15, -0.1) is 0 Å². The topological polar surface area (TPSA) is 107 Å². The number of Topliss-reactive ketones (excluding diaryl/α,β-unsaturated/α-hetero) is 1. The van der Waals surface area contributed by atoms with E-state index in [-0.39, 0.29) is 36.7 Å². The van der Waals surface area contributed by atoms with E-state index in [1.165, 1.54) is 19.1 Å². The van der Waals surface area contributed by atoms with Gasteiger partial charge in [-0.25, -0.2) is 13.6 Å². The Kier molecular flexibility index (Phi) is 8.08. The summed E-state index contributed by atoms with van der Waals surface area (Å²) in [6, 6.07) is 7.03. The summed E-state index contributed by atoms with van der Waals surface area (Å²) in [5, 5.41) is 11.7. The lowest BCUT2D eigenvalue weighted by Crippen LogP contribution is -2.71. The lowest BCUT2D eigenvalue weighted by molar-refractivity contribution is -0.238. The van der Waals surface area contributed by atoms with Gasteiger partial charge in [0.2, 0.25) is 5.60 Å². The molecule has 7 nitrogen and oxygen atoms in total. The van der Waals surface area contributed by atoms with Crippen molar-refractivity contribution in [3.63, 3.8) is 0 Å². The number of rotatable bonds is 6. The Morgan fingerprint density at radius 1 is 1.07 bits per heavy atom. The van der Waals surface area contributed by atoms with Gasteiger partial charge in [-0.3, -0.25) is 14.4 Å². The molecule has 3 fully saturated rings. The highest BCUT2D eigenvalue weighted by Gasteiger charge is 2.78. The summed E-state index contributed by atoms with van der Waals surface area (Å²) in [4.78, 5) is 52.4. The Hall–Kier alpha value is -3.20.